The van der Waals surface area contributed by atoms with Gasteiger partial charge in [0.2, 0.25) is 5.75 Å². The van der Waals surface area contributed by atoms with Gasteiger partial charge in [-0.25, -0.2) is 5.43 Å². The number of amides is 1. The van der Waals surface area contributed by atoms with Crippen LogP contribution >= 0.6 is 15.9 Å². The molecule has 0 bridgehead atoms. The summed E-state index contributed by atoms with van der Waals surface area (Å²) in [6.45, 7) is 5.88. The fraction of sp³-hybridized carbons (Fsp3) is 0.263. The molecule has 2 rings (SSSR count). The molecule has 2 aromatic rings. The van der Waals surface area contributed by atoms with Crippen molar-refractivity contribution < 1.29 is 19.6 Å². The lowest BCUT2D eigenvalue weighted by molar-refractivity contribution is -0.385. The molecule has 0 spiro atoms. The van der Waals surface area contributed by atoms with Crippen molar-refractivity contribution in [3.63, 3.8) is 0 Å². The zero-order chi connectivity index (χ0) is 20.9. The molecule has 0 aliphatic heterocycles. The molecule has 148 valence electrons. The van der Waals surface area contributed by atoms with Gasteiger partial charge >= 0.3 is 5.69 Å². The highest BCUT2D eigenvalue weighted by atomic mass is 79.9. The fourth-order valence-electron chi connectivity index (χ4n) is 2.40. The van der Waals surface area contributed by atoms with Gasteiger partial charge in [0.15, 0.2) is 6.61 Å². The van der Waals surface area contributed by atoms with Gasteiger partial charge in [0.25, 0.3) is 5.91 Å². The second-order valence-electron chi connectivity index (χ2n) is 6.95. The number of phenols is 1. The van der Waals surface area contributed by atoms with E-state index in [4.69, 9.17) is 4.74 Å². The number of carbonyl (C=O) groups is 1. The van der Waals surface area contributed by atoms with Crippen molar-refractivity contribution in [2.75, 3.05) is 6.61 Å². The number of phenolic OH excluding ortho intramolecular Hbond substituents is 1. The van der Waals surface area contributed by atoms with Crippen LogP contribution in [0.1, 0.15) is 31.9 Å². The molecule has 0 aliphatic rings. The molecule has 2 N–H and O–H groups in total. The van der Waals surface area contributed by atoms with E-state index in [0.29, 0.717) is 10.2 Å². The second kappa shape index (κ2) is 8.83. The molecule has 0 radical (unpaired) electrons. The van der Waals surface area contributed by atoms with Crippen LogP contribution in [0.5, 0.6) is 11.5 Å². The minimum atomic E-state index is -0.712. The summed E-state index contributed by atoms with van der Waals surface area (Å²) in [6, 6.07) is 10.1. The zero-order valence-electron chi connectivity index (χ0n) is 15.6. The number of nitrogens with one attached hydrogen (secondary N) is 1. The normalized spacial score (nSPS) is 11.4. The Morgan fingerprint density at radius 1 is 1.36 bits per heavy atom. The summed E-state index contributed by atoms with van der Waals surface area (Å²) in [4.78, 5) is 22.2. The molecular formula is C19H20BrN3O5. The zero-order valence-corrected chi connectivity index (χ0v) is 17.2. The van der Waals surface area contributed by atoms with Crippen LogP contribution in [0.2, 0.25) is 0 Å². The molecule has 28 heavy (non-hydrogen) atoms. The average molecular weight is 450 g/mol. The van der Waals surface area contributed by atoms with E-state index in [-0.39, 0.29) is 17.6 Å². The quantitative estimate of drug-likeness (QED) is 0.394. The molecule has 0 saturated carbocycles. The Hall–Kier alpha value is -2.94. The van der Waals surface area contributed by atoms with Crippen LogP contribution < -0.4 is 10.2 Å². The van der Waals surface area contributed by atoms with Gasteiger partial charge in [-0.15, -0.1) is 0 Å². The number of hydrogen-bond acceptors (Lipinski definition) is 6. The summed E-state index contributed by atoms with van der Waals surface area (Å²) in [5.74, 6) is -0.445. The van der Waals surface area contributed by atoms with E-state index in [1.54, 1.807) is 6.07 Å². The Balaban J connectivity index is 2.02. The molecule has 2 aromatic carbocycles. The van der Waals surface area contributed by atoms with E-state index in [9.17, 15) is 20.0 Å². The number of hydrogen-bond donors (Lipinski definition) is 2. The lowest BCUT2D eigenvalue weighted by atomic mass is 9.86. The number of nitro groups is 1. The molecule has 0 fully saturated rings. The largest absolute Gasteiger partial charge is 0.502 e. The molecule has 0 saturated heterocycles. The van der Waals surface area contributed by atoms with Gasteiger partial charge in [0.05, 0.1) is 11.1 Å². The summed E-state index contributed by atoms with van der Waals surface area (Å²) >= 11 is 3.13. The number of para-hydroxylation sites is 1. The van der Waals surface area contributed by atoms with E-state index in [2.05, 4.69) is 26.5 Å². The van der Waals surface area contributed by atoms with E-state index in [1.165, 1.54) is 12.1 Å². The van der Waals surface area contributed by atoms with Crippen molar-refractivity contribution in [3.8, 4) is 11.5 Å². The van der Waals surface area contributed by atoms with Crippen LogP contribution in [-0.4, -0.2) is 28.8 Å². The van der Waals surface area contributed by atoms with Crippen LogP contribution in [0.15, 0.2) is 46.0 Å². The average Bonchev–Trinajstić information content (AvgIpc) is 2.61. The van der Waals surface area contributed by atoms with Crippen molar-refractivity contribution in [1.29, 1.82) is 0 Å². The smallest absolute Gasteiger partial charge is 0.312 e. The molecule has 0 atom stereocenters. The molecule has 1 amide bonds. The van der Waals surface area contributed by atoms with E-state index in [1.807, 2.05) is 39.0 Å². The van der Waals surface area contributed by atoms with Crippen molar-refractivity contribution in [2.45, 2.75) is 26.2 Å². The number of benzene rings is 2. The number of halogens is 1. The highest BCUT2D eigenvalue weighted by Gasteiger charge is 2.19. The monoisotopic (exact) mass is 449 g/mol. The summed E-state index contributed by atoms with van der Waals surface area (Å²) in [5.41, 5.74) is 2.71. The number of aromatic hydroxyl groups is 1. The third kappa shape index (κ3) is 5.53. The predicted molar refractivity (Wildman–Crippen MR) is 109 cm³/mol. The lowest BCUT2D eigenvalue weighted by Gasteiger charge is -2.22. The lowest BCUT2D eigenvalue weighted by Crippen LogP contribution is -2.25. The Labute approximate surface area is 170 Å². The van der Waals surface area contributed by atoms with Crippen LogP contribution in [0.3, 0.4) is 0 Å². The first-order valence-electron chi connectivity index (χ1n) is 8.30. The van der Waals surface area contributed by atoms with Gasteiger partial charge in [-0.1, -0.05) is 54.9 Å². The first kappa shape index (κ1) is 21.4. The van der Waals surface area contributed by atoms with Crippen LogP contribution in [0.25, 0.3) is 0 Å². The maximum Gasteiger partial charge on any atom is 0.312 e. The summed E-state index contributed by atoms with van der Waals surface area (Å²) in [5, 5.41) is 24.6. The minimum Gasteiger partial charge on any atom is -0.502 e. The Morgan fingerprint density at radius 2 is 2.04 bits per heavy atom. The van der Waals surface area contributed by atoms with Gasteiger partial charge in [0, 0.05) is 16.1 Å². The predicted octanol–water partition coefficient (Wildman–Crippen LogP) is 3.89. The first-order chi connectivity index (χ1) is 13.1. The number of nitrogens with zero attached hydrogens (tertiary/aromatic N) is 2. The molecule has 0 heterocycles. The Morgan fingerprint density at radius 3 is 2.68 bits per heavy atom. The van der Waals surface area contributed by atoms with Crippen molar-refractivity contribution in [3.05, 3.63) is 62.1 Å². The number of rotatable bonds is 6. The Kier molecular flexibility index (Phi) is 6.74. The topological polar surface area (TPSA) is 114 Å². The first-order valence-corrected chi connectivity index (χ1v) is 9.10. The van der Waals surface area contributed by atoms with Crippen molar-refractivity contribution in [2.24, 2.45) is 5.10 Å². The van der Waals surface area contributed by atoms with Gasteiger partial charge in [-0.2, -0.15) is 5.10 Å². The van der Waals surface area contributed by atoms with Gasteiger partial charge < -0.3 is 9.84 Å². The van der Waals surface area contributed by atoms with Crippen LogP contribution in [0, 0.1) is 10.1 Å². The summed E-state index contributed by atoms with van der Waals surface area (Å²) < 4.78 is 5.98. The molecule has 0 aliphatic carbocycles. The molecule has 0 aromatic heterocycles. The van der Waals surface area contributed by atoms with Crippen molar-refractivity contribution in [1.82, 2.24) is 5.43 Å². The highest BCUT2D eigenvalue weighted by Crippen LogP contribution is 2.32. The molecule has 8 nitrogen and oxygen atoms in total. The number of nitro benzene ring substituents is 1. The molecular weight excluding hydrogens is 430 g/mol. The number of ether oxygens (including phenoxy) is 1. The van der Waals surface area contributed by atoms with Crippen LogP contribution in [0.4, 0.5) is 5.69 Å². The summed E-state index contributed by atoms with van der Waals surface area (Å²) in [7, 11) is 0. The van der Waals surface area contributed by atoms with Gasteiger partial charge in [-0.05, 0) is 23.1 Å². The van der Waals surface area contributed by atoms with E-state index in [0.717, 1.165) is 11.8 Å². The SMILES string of the molecule is CC(C)(C)c1ccccc1OCC(=O)N/N=C/c1cc(Br)cc([N+](=O)[O-])c1O. The van der Waals surface area contributed by atoms with Crippen LogP contribution in [-0.2, 0) is 10.2 Å². The molecule has 0 unspecified atom stereocenters. The minimum absolute atomic E-state index is 0.0837. The number of carbonyl (C=O) groups excluding carboxylic acids is 1. The third-order valence-corrected chi connectivity index (χ3v) is 4.19. The third-order valence-electron chi connectivity index (χ3n) is 3.73. The van der Waals surface area contributed by atoms with E-state index >= 15 is 0 Å². The highest BCUT2D eigenvalue weighted by molar-refractivity contribution is 9.10. The summed E-state index contributed by atoms with van der Waals surface area (Å²) in [6.07, 6.45) is 1.12. The maximum atomic E-state index is 12.0. The Bertz CT molecular complexity index is 922. The van der Waals surface area contributed by atoms with E-state index < -0.39 is 22.3 Å². The van der Waals surface area contributed by atoms with Gasteiger partial charge in [0.1, 0.15) is 5.75 Å². The van der Waals surface area contributed by atoms with Crippen molar-refractivity contribution >= 4 is 33.7 Å². The number of hydrazone groups is 1. The second-order valence-corrected chi connectivity index (χ2v) is 7.86. The fourth-order valence-corrected chi connectivity index (χ4v) is 2.87. The maximum absolute atomic E-state index is 12.0. The standard InChI is InChI=1S/C19H20BrN3O5/c1-19(2,3)14-6-4-5-7-16(14)28-11-17(24)22-21-10-12-8-13(20)9-15(18(12)25)23(26)27/h4-10,25H,11H2,1-3H3,(H,22,24)/b21-10+. The molecule has 9 heteroatoms. The van der Waals surface area contributed by atoms with Gasteiger partial charge in [-0.3, -0.25) is 14.9 Å².